The fourth-order valence-corrected chi connectivity index (χ4v) is 5.64. The van der Waals surface area contributed by atoms with Gasteiger partial charge in [0.1, 0.15) is 0 Å². The maximum Gasteiger partial charge on any atom is 0.235 e. The van der Waals surface area contributed by atoms with Crippen LogP contribution in [0.5, 0.6) is 0 Å². The van der Waals surface area contributed by atoms with Crippen LogP contribution in [0.1, 0.15) is 34.9 Å². The zero-order valence-electron chi connectivity index (χ0n) is 16.6. The Kier molecular flexibility index (Phi) is 4.99. The average Bonchev–Trinajstić information content (AvgIpc) is 3.06. The summed E-state index contributed by atoms with van der Waals surface area (Å²) in [6, 6.07) is 22.9. The van der Waals surface area contributed by atoms with Crippen molar-refractivity contribution in [3.05, 3.63) is 99.5 Å². The number of nitrogens with one attached hydrogen (secondary N) is 2. The molecule has 2 aliphatic heterocycles. The van der Waals surface area contributed by atoms with Crippen LogP contribution < -0.4 is 10.6 Å². The SMILES string of the molecule is O=C1CC(c2cccc(Cl)c2)C2(CNc3cc(Cl)ccc32)C(c2ccccc2)C(=O)N1. The van der Waals surface area contributed by atoms with Crippen LogP contribution in [0.2, 0.25) is 10.0 Å². The summed E-state index contributed by atoms with van der Waals surface area (Å²) in [4.78, 5) is 26.3. The molecule has 6 heteroatoms. The van der Waals surface area contributed by atoms with Gasteiger partial charge >= 0.3 is 0 Å². The van der Waals surface area contributed by atoms with Crippen molar-refractivity contribution in [2.75, 3.05) is 11.9 Å². The normalized spacial score (nSPS) is 25.0. The van der Waals surface area contributed by atoms with E-state index >= 15 is 0 Å². The van der Waals surface area contributed by atoms with E-state index in [-0.39, 0.29) is 24.2 Å². The van der Waals surface area contributed by atoms with Crippen LogP contribution in [0, 0.1) is 0 Å². The highest BCUT2D eigenvalue weighted by Gasteiger charge is 2.56. The summed E-state index contributed by atoms with van der Waals surface area (Å²) in [7, 11) is 0. The van der Waals surface area contributed by atoms with Crippen molar-refractivity contribution < 1.29 is 9.59 Å². The average molecular weight is 451 g/mol. The van der Waals surface area contributed by atoms with E-state index < -0.39 is 11.3 Å². The van der Waals surface area contributed by atoms with Crippen molar-refractivity contribution in [3.63, 3.8) is 0 Å². The Balaban J connectivity index is 1.82. The van der Waals surface area contributed by atoms with Gasteiger partial charge in [-0.25, -0.2) is 0 Å². The first kappa shape index (κ1) is 20.1. The Morgan fingerprint density at radius 3 is 2.35 bits per heavy atom. The summed E-state index contributed by atoms with van der Waals surface area (Å²) in [5.41, 5.74) is 2.99. The van der Waals surface area contributed by atoms with E-state index in [1.165, 1.54) is 0 Å². The Morgan fingerprint density at radius 1 is 0.839 bits per heavy atom. The van der Waals surface area contributed by atoms with Crippen LogP contribution in [0.4, 0.5) is 5.69 Å². The van der Waals surface area contributed by atoms with Gasteiger partial charge in [0.15, 0.2) is 0 Å². The molecule has 2 aliphatic rings. The third-order valence-corrected chi connectivity index (χ3v) is 6.96. The molecule has 2 heterocycles. The van der Waals surface area contributed by atoms with E-state index in [9.17, 15) is 9.59 Å². The van der Waals surface area contributed by atoms with E-state index in [0.717, 1.165) is 22.4 Å². The smallest absolute Gasteiger partial charge is 0.235 e. The minimum atomic E-state index is -0.692. The number of anilines is 1. The van der Waals surface area contributed by atoms with Crippen molar-refractivity contribution in [2.45, 2.75) is 23.7 Å². The number of hydrogen-bond donors (Lipinski definition) is 2. The van der Waals surface area contributed by atoms with E-state index in [4.69, 9.17) is 23.2 Å². The highest BCUT2D eigenvalue weighted by Crippen LogP contribution is 2.57. The van der Waals surface area contributed by atoms with Gasteiger partial charge in [0.2, 0.25) is 11.8 Å². The van der Waals surface area contributed by atoms with E-state index in [1.807, 2.05) is 72.8 Å². The molecular weight excluding hydrogens is 431 g/mol. The standard InChI is InChI=1S/C25H20Cl2N2O2/c26-17-8-4-7-16(11-17)20-13-22(30)29-24(31)23(15-5-2-1-3-6-15)25(20)14-28-21-12-18(27)9-10-19(21)25/h1-12,20,23,28H,13-14H2,(H,29,30,31). The first-order valence-corrected chi connectivity index (χ1v) is 10.9. The van der Waals surface area contributed by atoms with Crippen molar-refractivity contribution in [2.24, 2.45) is 0 Å². The second-order valence-electron chi connectivity index (χ2n) is 8.15. The van der Waals surface area contributed by atoms with Crippen LogP contribution in [0.25, 0.3) is 0 Å². The summed E-state index contributed by atoms with van der Waals surface area (Å²) >= 11 is 12.6. The Morgan fingerprint density at radius 2 is 1.58 bits per heavy atom. The molecular formula is C25H20Cl2N2O2. The zero-order valence-corrected chi connectivity index (χ0v) is 18.1. The quantitative estimate of drug-likeness (QED) is 0.522. The second-order valence-corrected chi connectivity index (χ2v) is 9.02. The van der Waals surface area contributed by atoms with Crippen molar-refractivity contribution in [3.8, 4) is 0 Å². The summed E-state index contributed by atoms with van der Waals surface area (Å²) in [6.07, 6.45) is 0.180. The molecule has 5 rings (SSSR count). The predicted molar refractivity (Wildman–Crippen MR) is 123 cm³/mol. The molecule has 3 atom stereocenters. The number of fused-ring (bicyclic) bond motifs is 2. The number of carbonyl (C=O) groups excluding carboxylic acids is 2. The Hall–Kier alpha value is -2.82. The molecule has 0 radical (unpaired) electrons. The lowest BCUT2D eigenvalue weighted by Gasteiger charge is -2.41. The van der Waals surface area contributed by atoms with Gasteiger partial charge < -0.3 is 5.32 Å². The molecule has 1 fully saturated rings. The van der Waals surface area contributed by atoms with Gasteiger partial charge in [-0.3, -0.25) is 14.9 Å². The van der Waals surface area contributed by atoms with Gasteiger partial charge in [0.05, 0.1) is 5.92 Å². The maximum atomic E-state index is 13.5. The third kappa shape index (κ3) is 3.31. The maximum absolute atomic E-state index is 13.5. The van der Waals surface area contributed by atoms with Crippen molar-refractivity contribution in [1.82, 2.24) is 5.32 Å². The van der Waals surface area contributed by atoms with Gasteiger partial charge in [0, 0.05) is 40.0 Å². The Bertz CT molecular complexity index is 1180. The minimum absolute atomic E-state index is 0.180. The number of benzene rings is 3. The molecule has 3 aromatic carbocycles. The molecule has 4 nitrogen and oxygen atoms in total. The van der Waals surface area contributed by atoms with Gasteiger partial charge in [-0.05, 0) is 41.0 Å². The first-order valence-electron chi connectivity index (χ1n) is 10.2. The fraction of sp³-hybridized carbons (Fsp3) is 0.200. The largest absolute Gasteiger partial charge is 0.384 e. The monoisotopic (exact) mass is 450 g/mol. The highest BCUT2D eigenvalue weighted by molar-refractivity contribution is 6.31. The number of halogens is 2. The summed E-state index contributed by atoms with van der Waals surface area (Å²) in [6.45, 7) is 0.500. The van der Waals surface area contributed by atoms with Crippen molar-refractivity contribution in [1.29, 1.82) is 0 Å². The fourth-order valence-electron chi connectivity index (χ4n) is 5.27. The molecule has 0 bridgehead atoms. The molecule has 0 aliphatic carbocycles. The number of amides is 2. The minimum Gasteiger partial charge on any atom is -0.384 e. The van der Waals surface area contributed by atoms with Crippen LogP contribution >= 0.6 is 23.2 Å². The third-order valence-electron chi connectivity index (χ3n) is 6.49. The lowest BCUT2D eigenvalue weighted by molar-refractivity contribution is -0.130. The summed E-state index contributed by atoms with van der Waals surface area (Å²) in [5.74, 6) is -1.41. The molecule has 31 heavy (non-hydrogen) atoms. The first-order chi connectivity index (χ1) is 15.0. The lowest BCUT2D eigenvalue weighted by atomic mass is 9.59. The lowest BCUT2D eigenvalue weighted by Crippen LogP contribution is -2.45. The van der Waals surface area contributed by atoms with Crippen LogP contribution in [0.3, 0.4) is 0 Å². The molecule has 0 aromatic heterocycles. The molecule has 156 valence electrons. The van der Waals surface area contributed by atoms with Gasteiger partial charge in [-0.1, -0.05) is 71.7 Å². The number of rotatable bonds is 2. The molecule has 1 spiro atoms. The van der Waals surface area contributed by atoms with Gasteiger partial charge in [0.25, 0.3) is 0 Å². The number of hydrogen-bond acceptors (Lipinski definition) is 3. The topological polar surface area (TPSA) is 58.2 Å². The number of carbonyl (C=O) groups is 2. The van der Waals surface area contributed by atoms with E-state index in [2.05, 4.69) is 10.6 Å². The predicted octanol–water partition coefficient (Wildman–Crippen LogP) is 5.27. The van der Waals surface area contributed by atoms with E-state index in [1.54, 1.807) is 0 Å². The summed E-state index contributed by atoms with van der Waals surface area (Å²) in [5, 5.41) is 7.32. The molecule has 2 amide bonds. The molecule has 3 unspecified atom stereocenters. The summed E-state index contributed by atoms with van der Waals surface area (Å²) < 4.78 is 0. The number of imide groups is 1. The van der Waals surface area contributed by atoms with Crippen LogP contribution in [-0.2, 0) is 15.0 Å². The van der Waals surface area contributed by atoms with E-state index in [0.29, 0.717) is 16.6 Å². The van der Waals surface area contributed by atoms with Crippen LogP contribution in [0.15, 0.2) is 72.8 Å². The van der Waals surface area contributed by atoms with Gasteiger partial charge in [-0.2, -0.15) is 0 Å². The molecule has 0 saturated carbocycles. The second kappa shape index (κ2) is 7.70. The van der Waals surface area contributed by atoms with Gasteiger partial charge in [-0.15, -0.1) is 0 Å². The van der Waals surface area contributed by atoms with Crippen LogP contribution in [-0.4, -0.2) is 18.4 Å². The molecule has 1 saturated heterocycles. The molecule has 3 aromatic rings. The highest BCUT2D eigenvalue weighted by atomic mass is 35.5. The zero-order chi connectivity index (χ0) is 21.6. The van der Waals surface area contributed by atoms with Crippen molar-refractivity contribution >= 4 is 40.7 Å². The molecule has 2 N–H and O–H groups in total. The Labute approximate surface area is 190 Å².